The van der Waals surface area contributed by atoms with Crippen LogP contribution in [-0.4, -0.2) is 15.6 Å². The van der Waals surface area contributed by atoms with Gasteiger partial charge in [0.1, 0.15) is 11.2 Å². The minimum atomic E-state index is -5.15. The molecule has 0 unspecified atom stereocenters. The Morgan fingerprint density at radius 1 is 1.12 bits per heavy atom. The molecule has 34 heavy (non-hydrogen) atoms. The molecule has 0 radical (unpaired) electrons. The highest BCUT2D eigenvalue weighted by molar-refractivity contribution is 7.18. The number of nitrogens with zero attached hydrogens (tertiary/aromatic N) is 3. The van der Waals surface area contributed by atoms with E-state index in [0.717, 1.165) is 25.2 Å². The van der Waals surface area contributed by atoms with Crippen LogP contribution in [0, 0.1) is 0 Å². The number of alkyl halides is 3. The Labute approximate surface area is 198 Å². The van der Waals surface area contributed by atoms with Gasteiger partial charge in [0.05, 0.1) is 15.6 Å². The second kappa shape index (κ2) is 8.37. The zero-order valence-electron chi connectivity index (χ0n) is 17.7. The third-order valence-corrected chi connectivity index (χ3v) is 7.43. The van der Waals surface area contributed by atoms with Crippen molar-refractivity contribution in [3.8, 4) is 11.3 Å². The van der Waals surface area contributed by atoms with Gasteiger partial charge in [-0.2, -0.15) is 17.7 Å². The van der Waals surface area contributed by atoms with Gasteiger partial charge in [0.2, 0.25) is 5.52 Å². The van der Waals surface area contributed by atoms with Crippen molar-refractivity contribution in [3.05, 3.63) is 85.9 Å². The van der Waals surface area contributed by atoms with Gasteiger partial charge in [0, 0.05) is 17.7 Å². The van der Waals surface area contributed by atoms with Crippen LogP contribution in [0.5, 0.6) is 0 Å². The molecular weight excluding hydrogens is 483 g/mol. The first-order valence-corrected chi connectivity index (χ1v) is 11.9. The fourth-order valence-electron chi connectivity index (χ4n) is 3.76. The number of para-hydroxylation sites is 1. The molecule has 172 valence electrons. The molecule has 0 fully saturated rings. The molecule has 0 amide bonds. The summed E-state index contributed by atoms with van der Waals surface area (Å²) in [5.74, 6) is -2.16. The van der Waals surface area contributed by atoms with Crippen LogP contribution in [-0.2, 0) is 6.54 Å². The number of aryl methyl sites for hydroxylation is 1. The van der Waals surface area contributed by atoms with Crippen LogP contribution in [0.2, 0.25) is 0 Å². The molecule has 0 aliphatic rings. The first-order valence-electron chi connectivity index (χ1n) is 10.3. The minimum absolute atomic E-state index is 0.0226. The summed E-state index contributed by atoms with van der Waals surface area (Å²) >= 11 is 1.96. The average molecular weight is 500 g/mol. The third kappa shape index (κ3) is 3.78. The van der Waals surface area contributed by atoms with E-state index in [1.807, 2.05) is 61.5 Å². The second-order valence-corrected chi connectivity index (χ2v) is 9.45. The van der Waals surface area contributed by atoms with Gasteiger partial charge in [-0.05, 0) is 24.8 Å². The summed E-state index contributed by atoms with van der Waals surface area (Å²) < 4.78 is 42.7. The Hall–Kier alpha value is -3.50. The molecule has 10 heteroatoms. The molecule has 0 saturated heterocycles. The van der Waals surface area contributed by atoms with Crippen LogP contribution >= 0.6 is 22.7 Å². The quantitative estimate of drug-likeness (QED) is 0.359. The molecule has 0 aliphatic heterocycles. The summed E-state index contributed by atoms with van der Waals surface area (Å²) in [6, 6.07) is 18.6. The second-order valence-electron chi connectivity index (χ2n) is 7.41. The highest BCUT2D eigenvalue weighted by Gasteiger charge is 2.28. The topological polar surface area (TPSA) is 61.3 Å². The number of fused-ring (bicyclic) bond motifs is 2. The van der Waals surface area contributed by atoms with Gasteiger partial charge in [0.15, 0.2) is 4.96 Å². The Kier molecular flexibility index (Phi) is 5.49. The normalized spacial score (nSPS) is 13.7. The Morgan fingerprint density at radius 2 is 1.82 bits per heavy atom. The van der Waals surface area contributed by atoms with Crippen molar-refractivity contribution in [1.29, 1.82) is 0 Å². The zero-order valence-corrected chi connectivity index (χ0v) is 19.3. The lowest BCUT2D eigenvalue weighted by atomic mass is 10.1. The smallest absolute Gasteiger partial charge is 0.404 e. The van der Waals surface area contributed by atoms with Crippen LogP contribution in [0.3, 0.4) is 0 Å². The SMILES string of the molecule is CC[n+]1c(C=c2cc(-c3ccccc3)nc3sc(=C([O-])C(F)(F)F)c(=O)n23)sc2ccccc21. The lowest BCUT2D eigenvalue weighted by Crippen LogP contribution is -2.39. The Balaban J connectivity index is 1.91. The van der Waals surface area contributed by atoms with E-state index in [-0.39, 0.29) is 4.96 Å². The molecular formula is C24H16F3N3O2S2. The van der Waals surface area contributed by atoms with E-state index in [2.05, 4.69) is 9.55 Å². The van der Waals surface area contributed by atoms with Gasteiger partial charge in [-0.1, -0.05) is 65.1 Å². The van der Waals surface area contributed by atoms with Crippen molar-refractivity contribution in [2.75, 3.05) is 0 Å². The van der Waals surface area contributed by atoms with Crippen molar-refractivity contribution < 1.29 is 22.8 Å². The van der Waals surface area contributed by atoms with Crippen LogP contribution < -0.4 is 25.1 Å². The van der Waals surface area contributed by atoms with E-state index < -0.39 is 22.0 Å². The standard InChI is InChI=1S/C24H16F3N3O2S2/c1-2-29-17-10-6-7-11-18(17)33-19(29)13-15-12-16(14-8-4-3-5-9-14)28-23-30(15)22(32)20(34-23)21(31)24(25,26)27/h3-13H,2H2,1H3. The van der Waals surface area contributed by atoms with Crippen LogP contribution in [0.4, 0.5) is 13.2 Å². The number of rotatable bonds is 3. The summed E-state index contributed by atoms with van der Waals surface area (Å²) in [4.78, 5) is 17.4. The summed E-state index contributed by atoms with van der Waals surface area (Å²) in [5, 5.41) is 13.1. The lowest BCUT2D eigenvalue weighted by molar-refractivity contribution is -0.665. The summed E-state index contributed by atoms with van der Waals surface area (Å²) in [5.41, 5.74) is 1.22. The predicted octanol–water partition coefficient (Wildman–Crippen LogP) is 2.80. The highest BCUT2D eigenvalue weighted by atomic mass is 32.1. The first-order chi connectivity index (χ1) is 16.3. The maximum absolute atomic E-state index is 13.1. The van der Waals surface area contributed by atoms with Crippen molar-refractivity contribution in [1.82, 2.24) is 9.38 Å². The Bertz CT molecular complexity index is 1720. The van der Waals surface area contributed by atoms with Crippen molar-refractivity contribution in [3.63, 3.8) is 0 Å². The Morgan fingerprint density at radius 3 is 2.53 bits per heavy atom. The van der Waals surface area contributed by atoms with Crippen molar-refractivity contribution in [2.24, 2.45) is 0 Å². The van der Waals surface area contributed by atoms with Crippen molar-refractivity contribution in [2.45, 2.75) is 19.6 Å². The largest absolute Gasteiger partial charge is 0.868 e. The summed E-state index contributed by atoms with van der Waals surface area (Å²) in [6.45, 7) is 2.65. The highest BCUT2D eigenvalue weighted by Crippen LogP contribution is 2.23. The molecule has 0 N–H and O–H groups in total. The van der Waals surface area contributed by atoms with E-state index >= 15 is 0 Å². The molecule has 0 saturated carbocycles. The maximum Gasteiger partial charge on any atom is 0.404 e. The number of aromatic nitrogens is 3. The lowest BCUT2D eigenvalue weighted by Gasteiger charge is -2.13. The maximum atomic E-state index is 13.1. The third-order valence-electron chi connectivity index (χ3n) is 5.30. The molecule has 5 rings (SSSR count). The zero-order chi connectivity index (χ0) is 24.0. The fourth-order valence-corrected chi connectivity index (χ4v) is 5.92. The van der Waals surface area contributed by atoms with E-state index in [1.54, 1.807) is 12.1 Å². The molecule has 2 aromatic carbocycles. The molecule has 3 heterocycles. The molecule has 5 nitrogen and oxygen atoms in total. The predicted molar refractivity (Wildman–Crippen MR) is 125 cm³/mol. The summed E-state index contributed by atoms with van der Waals surface area (Å²) in [7, 11) is 0. The van der Waals surface area contributed by atoms with Gasteiger partial charge in [-0.25, -0.2) is 4.98 Å². The number of thiazole rings is 2. The van der Waals surface area contributed by atoms with Gasteiger partial charge < -0.3 is 5.11 Å². The van der Waals surface area contributed by atoms with Crippen LogP contribution in [0.15, 0.2) is 65.5 Å². The van der Waals surface area contributed by atoms with Gasteiger partial charge in [0.25, 0.3) is 10.6 Å². The molecule has 3 aromatic heterocycles. The number of hydrogen-bond acceptors (Lipinski definition) is 5. The van der Waals surface area contributed by atoms with E-state index in [0.29, 0.717) is 28.9 Å². The molecule has 0 bridgehead atoms. The van der Waals surface area contributed by atoms with Gasteiger partial charge in [-0.3, -0.25) is 9.20 Å². The number of hydrogen-bond donors (Lipinski definition) is 0. The first kappa shape index (κ1) is 22.3. The summed E-state index contributed by atoms with van der Waals surface area (Å²) in [6.07, 6.45) is -3.39. The van der Waals surface area contributed by atoms with E-state index in [1.165, 1.54) is 11.3 Å². The number of halogens is 3. The molecule has 0 aliphatic carbocycles. The molecule has 0 atom stereocenters. The van der Waals surface area contributed by atoms with Gasteiger partial charge in [-0.15, -0.1) is 0 Å². The van der Waals surface area contributed by atoms with Gasteiger partial charge >= 0.3 is 6.18 Å². The van der Waals surface area contributed by atoms with Crippen LogP contribution in [0.1, 0.15) is 11.9 Å². The monoisotopic (exact) mass is 499 g/mol. The molecule has 5 aromatic rings. The minimum Gasteiger partial charge on any atom is -0.868 e. The van der Waals surface area contributed by atoms with Crippen LogP contribution in [0.25, 0.3) is 38.3 Å². The van der Waals surface area contributed by atoms with E-state index in [4.69, 9.17) is 0 Å². The van der Waals surface area contributed by atoms with Crippen molar-refractivity contribution >= 4 is 49.7 Å². The number of benzene rings is 2. The van der Waals surface area contributed by atoms with E-state index in [9.17, 15) is 23.1 Å². The molecule has 0 spiro atoms. The average Bonchev–Trinajstić information content (AvgIpc) is 3.35. The fraction of sp³-hybridized carbons (Fsp3) is 0.125.